The molecule has 9 heteroatoms. The van der Waals surface area contributed by atoms with Crippen molar-refractivity contribution in [3.05, 3.63) is 59.7 Å². The fraction of sp³-hybridized carbons (Fsp3) is 0.417. The van der Waals surface area contributed by atoms with E-state index < -0.39 is 10.0 Å². The summed E-state index contributed by atoms with van der Waals surface area (Å²) in [6.45, 7) is 5.28. The average Bonchev–Trinajstić information content (AvgIpc) is 3.23. The molecule has 2 unspecified atom stereocenters. The molecule has 0 aromatic heterocycles. The Morgan fingerprint density at radius 3 is 2.42 bits per heavy atom. The number of benzene rings is 2. The molecule has 2 fully saturated rings. The summed E-state index contributed by atoms with van der Waals surface area (Å²) in [6.07, 6.45) is 1.07. The molecular formula is C24H29N3O5S. The number of carbonyl (C=O) groups excluding carboxylic acids is 2. The van der Waals surface area contributed by atoms with Crippen molar-refractivity contribution in [2.45, 2.75) is 50.3 Å². The van der Waals surface area contributed by atoms with Gasteiger partial charge in [0, 0.05) is 43.9 Å². The van der Waals surface area contributed by atoms with Gasteiger partial charge in [0.1, 0.15) is 0 Å². The Hall–Kier alpha value is -2.75. The molecule has 0 spiro atoms. The van der Waals surface area contributed by atoms with Crippen molar-refractivity contribution in [1.82, 2.24) is 9.62 Å². The van der Waals surface area contributed by atoms with Gasteiger partial charge in [0.15, 0.2) is 0 Å². The van der Waals surface area contributed by atoms with E-state index in [-0.39, 0.29) is 47.6 Å². The molecule has 0 radical (unpaired) electrons. The summed E-state index contributed by atoms with van der Waals surface area (Å²) >= 11 is 0. The van der Waals surface area contributed by atoms with E-state index in [2.05, 4.69) is 5.32 Å². The van der Waals surface area contributed by atoms with Crippen molar-refractivity contribution in [3.8, 4) is 0 Å². The second-order valence-corrected chi connectivity index (χ2v) is 10.5. The highest BCUT2D eigenvalue weighted by Crippen LogP contribution is 2.23. The number of ether oxygens (including phenoxy) is 1. The SMILES string of the molecule is CC1CN(S(=O)(=O)c2cccc(C(=O)NCc3ccc(N4CCCC4=O)cc3)c2)CC(C)O1. The van der Waals surface area contributed by atoms with E-state index >= 15 is 0 Å². The maximum absolute atomic E-state index is 13.1. The lowest BCUT2D eigenvalue weighted by Gasteiger charge is -2.34. The Morgan fingerprint density at radius 2 is 1.79 bits per heavy atom. The Kier molecular flexibility index (Phi) is 6.83. The van der Waals surface area contributed by atoms with E-state index in [1.807, 2.05) is 38.1 Å². The summed E-state index contributed by atoms with van der Waals surface area (Å²) in [4.78, 5) is 26.4. The van der Waals surface area contributed by atoms with Gasteiger partial charge in [-0.3, -0.25) is 9.59 Å². The van der Waals surface area contributed by atoms with Gasteiger partial charge in [0.2, 0.25) is 15.9 Å². The second-order valence-electron chi connectivity index (χ2n) is 8.61. The first-order valence-electron chi connectivity index (χ1n) is 11.2. The van der Waals surface area contributed by atoms with Crippen molar-refractivity contribution in [2.75, 3.05) is 24.5 Å². The van der Waals surface area contributed by atoms with E-state index in [4.69, 9.17) is 4.74 Å². The largest absolute Gasteiger partial charge is 0.373 e. The van der Waals surface area contributed by atoms with Crippen LogP contribution in [0.25, 0.3) is 0 Å². The Bertz CT molecular complexity index is 1120. The molecule has 2 aliphatic rings. The van der Waals surface area contributed by atoms with Crippen LogP contribution >= 0.6 is 0 Å². The normalized spacial score (nSPS) is 21.9. The molecule has 2 heterocycles. The molecule has 2 saturated heterocycles. The van der Waals surface area contributed by atoms with Gasteiger partial charge >= 0.3 is 0 Å². The van der Waals surface area contributed by atoms with Crippen LogP contribution in [0, 0.1) is 0 Å². The van der Waals surface area contributed by atoms with Crippen molar-refractivity contribution in [3.63, 3.8) is 0 Å². The highest BCUT2D eigenvalue weighted by atomic mass is 32.2. The Labute approximate surface area is 194 Å². The van der Waals surface area contributed by atoms with E-state index in [1.54, 1.807) is 17.0 Å². The standard InChI is InChI=1S/C24H29N3O5S/c1-17-15-26(16-18(2)32-17)33(30,31)22-6-3-5-20(13-22)24(29)25-14-19-8-10-21(11-9-19)27-12-4-7-23(27)28/h3,5-6,8-11,13,17-18H,4,7,12,14-16H2,1-2H3,(H,25,29). The topological polar surface area (TPSA) is 96.0 Å². The number of carbonyl (C=O) groups is 2. The molecule has 8 nitrogen and oxygen atoms in total. The molecule has 2 amide bonds. The molecule has 2 atom stereocenters. The number of amides is 2. The van der Waals surface area contributed by atoms with Gasteiger partial charge < -0.3 is 15.0 Å². The summed E-state index contributed by atoms with van der Waals surface area (Å²) in [5, 5.41) is 2.84. The van der Waals surface area contributed by atoms with Crippen molar-refractivity contribution < 1.29 is 22.7 Å². The van der Waals surface area contributed by atoms with Gasteiger partial charge in [-0.2, -0.15) is 4.31 Å². The molecule has 176 valence electrons. The molecule has 4 rings (SSSR count). The second kappa shape index (κ2) is 9.62. The summed E-state index contributed by atoms with van der Waals surface area (Å²) < 4.78 is 33.3. The van der Waals surface area contributed by atoms with Crippen LogP contribution in [-0.2, 0) is 26.1 Å². The van der Waals surface area contributed by atoms with Crippen LogP contribution in [0.15, 0.2) is 53.4 Å². The first kappa shape index (κ1) is 23.4. The quantitative estimate of drug-likeness (QED) is 0.699. The molecule has 2 aromatic rings. The number of hydrogen-bond acceptors (Lipinski definition) is 5. The maximum Gasteiger partial charge on any atom is 0.251 e. The number of rotatable bonds is 6. The maximum atomic E-state index is 13.1. The average molecular weight is 472 g/mol. The third kappa shape index (κ3) is 5.26. The van der Waals surface area contributed by atoms with Crippen LogP contribution in [0.4, 0.5) is 5.69 Å². The summed E-state index contributed by atoms with van der Waals surface area (Å²) in [6, 6.07) is 13.6. The third-order valence-corrected chi connectivity index (χ3v) is 7.72. The third-order valence-electron chi connectivity index (χ3n) is 5.89. The Morgan fingerprint density at radius 1 is 1.09 bits per heavy atom. The zero-order chi connectivity index (χ0) is 23.6. The van der Waals surface area contributed by atoms with Gasteiger partial charge in [0.05, 0.1) is 17.1 Å². The monoisotopic (exact) mass is 471 g/mol. The molecule has 1 N–H and O–H groups in total. The van der Waals surface area contributed by atoms with E-state index in [1.165, 1.54) is 16.4 Å². The van der Waals surface area contributed by atoms with Crippen molar-refractivity contribution >= 4 is 27.5 Å². The smallest absolute Gasteiger partial charge is 0.251 e. The summed E-state index contributed by atoms with van der Waals surface area (Å²) in [5.74, 6) is -0.221. The van der Waals surface area contributed by atoms with E-state index in [9.17, 15) is 18.0 Å². The fourth-order valence-electron chi connectivity index (χ4n) is 4.27. The molecule has 0 saturated carbocycles. The number of anilines is 1. The first-order valence-corrected chi connectivity index (χ1v) is 12.6. The van der Waals surface area contributed by atoms with Crippen LogP contribution in [0.2, 0.25) is 0 Å². The van der Waals surface area contributed by atoms with Crippen LogP contribution in [0.1, 0.15) is 42.6 Å². The van der Waals surface area contributed by atoms with Crippen LogP contribution < -0.4 is 10.2 Å². The Balaban J connectivity index is 1.41. The minimum absolute atomic E-state index is 0.0936. The predicted octanol–water partition coefficient (Wildman–Crippen LogP) is 2.54. The van der Waals surface area contributed by atoms with Gasteiger partial charge in [-0.05, 0) is 56.2 Å². The number of sulfonamides is 1. The van der Waals surface area contributed by atoms with Crippen LogP contribution in [0.3, 0.4) is 0 Å². The van der Waals surface area contributed by atoms with E-state index in [0.29, 0.717) is 13.0 Å². The van der Waals surface area contributed by atoms with Crippen molar-refractivity contribution in [1.29, 1.82) is 0 Å². The lowest BCUT2D eigenvalue weighted by molar-refractivity contribution is -0.117. The minimum Gasteiger partial charge on any atom is -0.373 e. The fourth-order valence-corrected chi connectivity index (χ4v) is 5.91. The highest BCUT2D eigenvalue weighted by Gasteiger charge is 2.32. The van der Waals surface area contributed by atoms with Gasteiger partial charge in [-0.15, -0.1) is 0 Å². The predicted molar refractivity (Wildman–Crippen MR) is 124 cm³/mol. The van der Waals surface area contributed by atoms with Crippen LogP contribution in [-0.4, -0.2) is 56.4 Å². The zero-order valence-electron chi connectivity index (χ0n) is 18.9. The molecule has 0 bridgehead atoms. The van der Waals surface area contributed by atoms with Crippen molar-refractivity contribution in [2.24, 2.45) is 0 Å². The van der Waals surface area contributed by atoms with Gasteiger partial charge in [-0.1, -0.05) is 18.2 Å². The highest BCUT2D eigenvalue weighted by molar-refractivity contribution is 7.89. The number of morpholine rings is 1. The van der Waals surface area contributed by atoms with Gasteiger partial charge in [0.25, 0.3) is 5.91 Å². The summed E-state index contributed by atoms with van der Waals surface area (Å²) in [5.41, 5.74) is 2.03. The molecule has 0 aliphatic carbocycles. The molecule has 33 heavy (non-hydrogen) atoms. The zero-order valence-corrected chi connectivity index (χ0v) is 19.7. The first-order chi connectivity index (χ1) is 15.7. The van der Waals surface area contributed by atoms with Crippen LogP contribution in [0.5, 0.6) is 0 Å². The number of nitrogens with zero attached hydrogens (tertiary/aromatic N) is 2. The molecule has 2 aliphatic heterocycles. The lowest BCUT2D eigenvalue weighted by Crippen LogP contribution is -2.48. The molecular weight excluding hydrogens is 442 g/mol. The summed E-state index contributed by atoms with van der Waals surface area (Å²) in [7, 11) is -3.73. The number of hydrogen-bond donors (Lipinski definition) is 1. The van der Waals surface area contributed by atoms with Gasteiger partial charge in [-0.25, -0.2) is 8.42 Å². The number of nitrogens with one attached hydrogen (secondary N) is 1. The lowest BCUT2D eigenvalue weighted by atomic mass is 10.1. The molecule has 2 aromatic carbocycles. The van der Waals surface area contributed by atoms with E-state index in [0.717, 1.165) is 24.2 Å². The minimum atomic E-state index is -3.73.